The van der Waals surface area contributed by atoms with E-state index in [0.717, 1.165) is 22.7 Å². The van der Waals surface area contributed by atoms with Crippen LogP contribution in [-0.2, 0) is 9.59 Å². The summed E-state index contributed by atoms with van der Waals surface area (Å²) in [5, 5.41) is 8.71. The Morgan fingerprint density at radius 3 is 1.81 bits per heavy atom. The zero-order valence-electron chi connectivity index (χ0n) is 11.9. The van der Waals surface area contributed by atoms with E-state index in [1.807, 2.05) is 48.5 Å². The average molecular weight is 283 g/mol. The molecule has 2 aromatic carbocycles. The van der Waals surface area contributed by atoms with Crippen molar-refractivity contribution < 1.29 is 9.59 Å². The summed E-state index contributed by atoms with van der Waals surface area (Å²) in [4.78, 5) is 22.2. The van der Waals surface area contributed by atoms with Crippen molar-refractivity contribution in [2.75, 3.05) is 16.0 Å². The van der Waals surface area contributed by atoms with Gasteiger partial charge in [0.05, 0.1) is 11.4 Å². The van der Waals surface area contributed by atoms with Crippen molar-refractivity contribution in [3.8, 4) is 0 Å². The third-order valence-corrected chi connectivity index (χ3v) is 2.72. The summed E-state index contributed by atoms with van der Waals surface area (Å²) in [5.74, 6) is -0.225. The highest BCUT2D eigenvalue weighted by atomic mass is 16.2. The molecule has 0 radical (unpaired) electrons. The molecule has 2 amide bonds. The topological polar surface area (TPSA) is 70.2 Å². The van der Waals surface area contributed by atoms with Gasteiger partial charge in [0.1, 0.15) is 0 Å². The Morgan fingerprint density at radius 2 is 1.24 bits per heavy atom. The van der Waals surface area contributed by atoms with Gasteiger partial charge in [-0.05, 0) is 36.4 Å². The zero-order valence-corrected chi connectivity index (χ0v) is 11.9. The molecule has 0 aliphatic rings. The Hall–Kier alpha value is -2.82. The fraction of sp³-hybridized carbons (Fsp3) is 0.125. The highest BCUT2D eigenvalue weighted by Crippen LogP contribution is 2.25. The molecule has 0 aromatic heterocycles. The van der Waals surface area contributed by atoms with Gasteiger partial charge in [-0.25, -0.2) is 0 Å². The van der Waals surface area contributed by atoms with Crippen LogP contribution in [-0.4, -0.2) is 11.8 Å². The fourth-order valence-electron chi connectivity index (χ4n) is 1.89. The SMILES string of the molecule is CC(=O)Nc1ccc(Nc2ccccc2NC(C)=O)cc1. The minimum absolute atomic E-state index is 0.105. The fourth-order valence-corrected chi connectivity index (χ4v) is 1.89. The van der Waals surface area contributed by atoms with Crippen molar-refractivity contribution in [2.45, 2.75) is 13.8 Å². The molecule has 0 fully saturated rings. The van der Waals surface area contributed by atoms with Crippen LogP contribution in [0, 0.1) is 0 Å². The second-order valence-electron chi connectivity index (χ2n) is 4.61. The van der Waals surface area contributed by atoms with E-state index in [-0.39, 0.29) is 11.8 Å². The first kappa shape index (κ1) is 14.6. The molecule has 3 N–H and O–H groups in total. The van der Waals surface area contributed by atoms with Gasteiger partial charge >= 0.3 is 0 Å². The van der Waals surface area contributed by atoms with Crippen molar-refractivity contribution in [3.05, 3.63) is 48.5 Å². The van der Waals surface area contributed by atoms with Crippen molar-refractivity contribution >= 4 is 34.6 Å². The number of para-hydroxylation sites is 2. The molecule has 0 saturated carbocycles. The maximum absolute atomic E-state index is 11.2. The number of nitrogens with one attached hydrogen (secondary N) is 3. The molecule has 2 aromatic rings. The van der Waals surface area contributed by atoms with Gasteiger partial charge in [-0.2, -0.15) is 0 Å². The molecule has 0 bridgehead atoms. The highest BCUT2D eigenvalue weighted by molar-refractivity contribution is 5.93. The minimum Gasteiger partial charge on any atom is -0.354 e. The molecule has 2 rings (SSSR count). The summed E-state index contributed by atoms with van der Waals surface area (Å²) in [5.41, 5.74) is 3.13. The van der Waals surface area contributed by atoms with Crippen LogP contribution < -0.4 is 16.0 Å². The van der Waals surface area contributed by atoms with E-state index in [0.29, 0.717) is 0 Å². The molecule has 0 heterocycles. The minimum atomic E-state index is -0.120. The lowest BCUT2D eigenvalue weighted by atomic mass is 10.2. The number of carbonyl (C=O) groups excluding carboxylic acids is 2. The van der Waals surface area contributed by atoms with Gasteiger partial charge in [-0.3, -0.25) is 9.59 Å². The molecule has 21 heavy (non-hydrogen) atoms. The van der Waals surface area contributed by atoms with Gasteiger partial charge in [-0.15, -0.1) is 0 Å². The first-order valence-corrected chi connectivity index (χ1v) is 6.56. The predicted octanol–water partition coefficient (Wildman–Crippen LogP) is 3.35. The number of amides is 2. The van der Waals surface area contributed by atoms with Crippen LogP contribution in [0.3, 0.4) is 0 Å². The monoisotopic (exact) mass is 283 g/mol. The van der Waals surface area contributed by atoms with Crippen molar-refractivity contribution in [1.82, 2.24) is 0 Å². The Labute approximate surface area is 123 Å². The number of rotatable bonds is 4. The van der Waals surface area contributed by atoms with Gasteiger partial charge in [0, 0.05) is 25.2 Å². The summed E-state index contributed by atoms with van der Waals surface area (Å²) in [7, 11) is 0. The molecular weight excluding hydrogens is 266 g/mol. The molecule has 0 saturated heterocycles. The maximum atomic E-state index is 11.2. The van der Waals surface area contributed by atoms with Crippen molar-refractivity contribution in [1.29, 1.82) is 0 Å². The average Bonchev–Trinajstić information content (AvgIpc) is 2.42. The Kier molecular flexibility index (Phi) is 4.56. The van der Waals surface area contributed by atoms with Gasteiger partial charge in [0.2, 0.25) is 11.8 Å². The van der Waals surface area contributed by atoms with Crippen LogP contribution >= 0.6 is 0 Å². The molecule has 5 heteroatoms. The Balaban J connectivity index is 2.14. The number of anilines is 4. The second kappa shape index (κ2) is 6.56. The van der Waals surface area contributed by atoms with Gasteiger partial charge in [0.15, 0.2) is 0 Å². The first-order valence-electron chi connectivity index (χ1n) is 6.56. The second-order valence-corrected chi connectivity index (χ2v) is 4.61. The number of carbonyl (C=O) groups is 2. The Morgan fingerprint density at radius 1 is 0.714 bits per heavy atom. The third kappa shape index (κ3) is 4.35. The van der Waals surface area contributed by atoms with Crippen molar-refractivity contribution in [2.24, 2.45) is 0 Å². The van der Waals surface area contributed by atoms with E-state index >= 15 is 0 Å². The van der Waals surface area contributed by atoms with E-state index in [2.05, 4.69) is 16.0 Å². The van der Waals surface area contributed by atoms with Crippen LogP contribution in [0.25, 0.3) is 0 Å². The molecule has 0 aliphatic heterocycles. The van der Waals surface area contributed by atoms with E-state index in [1.54, 1.807) is 0 Å². The summed E-state index contributed by atoms with van der Waals surface area (Å²) < 4.78 is 0. The lowest BCUT2D eigenvalue weighted by molar-refractivity contribution is -0.115. The van der Waals surface area contributed by atoms with E-state index in [1.165, 1.54) is 13.8 Å². The maximum Gasteiger partial charge on any atom is 0.221 e. The molecule has 0 atom stereocenters. The molecular formula is C16H17N3O2. The highest BCUT2D eigenvalue weighted by Gasteiger charge is 2.03. The molecule has 108 valence electrons. The first-order chi connectivity index (χ1) is 10.0. The third-order valence-electron chi connectivity index (χ3n) is 2.72. The molecule has 0 aliphatic carbocycles. The van der Waals surface area contributed by atoms with Crippen LogP contribution in [0.1, 0.15) is 13.8 Å². The van der Waals surface area contributed by atoms with Crippen LogP contribution in [0.4, 0.5) is 22.7 Å². The van der Waals surface area contributed by atoms with Crippen LogP contribution in [0.2, 0.25) is 0 Å². The van der Waals surface area contributed by atoms with Gasteiger partial charge < -0.3 is 16.0 Å². The zero-order chi connectivity index (χ0) is 15.2. The van der Waals surface area contributed by atoms with Crippen molar-refractivity contribution in [3.63, 3.8) is 0 Å². The summed E-state index contributed by atoms with van der Waals surface area (Å²) in [6, 6.07) is 14.8. The van der Waals surface area contributed by atoms with E-state index in [9.17, 15) is 9.59 Å². The van der Waals surface area contributed by atoms with Gasteiger partial charge in [-0.1, -0.05) is 12.1 Å². The lowest BCUT2D eigenvalue weighted by Crippen LogP contribution is -2.08. The summed E-state index contributed by atoms with van der Waals surface area (Å²) >= 11 is 0. The summed E-state index contributed by atoms with van der Waals surface area (Å²) in [6.07, 6.45) is 0. The smallest absolute Gasteiger partial charge is 0.221 e. The Bertz CT molecular complexity index is 651. The normalized spacial score (nSPS) is 9.81. The van der Waals surface area contributed by atoms with E-state index in [4.69, 9.17) is 0 Å². The lowest BCUT2D eigenvalue weighted by Gasteiger charge is -2.12. The standard InChI is InChI=1S/C16H17N3O2/c1-11(20)17-13-7-9-14(10-8-13)19-16-6-4-3-5-15(16)18-12(2)21/h3-10,19H,1-2H3,(H,17,20)(H,18,21). The number of hydrogen-bond acceptors (Lipinski definition) is 3. The predicted molar refractivity (Wildman–Crippen MR) is 84.8 cm³/mol. The van der Waals surface area contributed by atoms with Gasteiger partial charge in [0.25, 0.3) is 0 Å². The largest absolute Gasteiger partial charge is 0.354 e. The van der Waals surface area contributed by atoms with Crippen LogP contribution in [0.15, 0.2) is 48.5 Å². The number of hydrogen-bond donors (Lipinski definition) is 3. The van der Waals surface area contributed by atoms with E-state index < -0.39 is 0 Å². The van der Waals surface area contributed by atoms with Crippen LogP contribution in [0.5, 0.6) is 0 Å². The summed E-state index contributed by atoms with van der Waals surface area (Å²) in [6.45, 7) is 2.94. The number of benzene rings is 2. The quantitative estimate of drug-likeness (QED) is 0.806. The molecule has 5 nitrogen and oxygen atoms in total. The molecule has 0 spiro atoms. The molecule has 0 unspecified atom stereocenters.